The molecule has 152 valence electrons. The highest BCUT2D eigenvalue weighted by molar-refractivity contribution is 7.20. The second kappa shape index (κ2) is 7.46. The van der Waals surface area contributed by atoms with Crippen molar-refractivity contribution in [1.82, 2.24) is 14.8 Å². The Morgan fingerprint density at radius 2 is 1.77 bits per heavy atom. The fraction of sp³-hybridized carbons (Fsp3) is 0.227. The van der Waals surface area contributed by atoms with Crippen molar-refractivity contribution in [2.45, 2.75) is 0 Å². The number of thiophene rings is 1. The molecule has 0 radical (unpaired) electrons. The number of benzene rings is 1. The zero-order valence-electron chi connectivity index (χ0n) is 16.3. The van der Waals surface area contributed by atoms with Crippen molar-refractivity contribution < 1.29 is 18.7 Å². The monoisotopic (exact) mass is 421 g/mol. The van der Waals surface area contributed by atoms with Gasteiger partial charge in [0.15, 0.2) is 5.76 Å². The zero-order valence-corrected chi connectivity index (χ0v) is 17.1. The molecule has 4 aromatic rings. The number of hydrogen-bond donors (Lipinski definition) is 0. The summed E-state index contributed by atoms with van der Waals surface area (Å²) in [6, 6.07) is 13.1. The Morgan fingerprint density at radius 1 is 1.00 bits per heavy atom. The molecule has 1 aliphatic heterocycles. The summed E-state index contributed by atoms with van der Waals surface area (Å²) in [5.41, 5.74) is 0.841. The number of furan rings is 1. The number of ether oxygens (including phenoxy) is 1. The fourth-order valence-corrected chi connectivity index (χ4v) is 4.65. The molecule has 2 amide bonds. The lowest BCUT2D eigenvalue weighted by Crippen LogP contribution is -2.50. The van der Waals surface area contributed by atoms with Crippen molar-refractivity contribution in [2.24, 2.45) is 0 Å². The lowest BCUT2D eigenvalue weighted by Gasteiger charge is -2.34. The molecular weight excluding hydrogens is 402 g/mol. The molecule has 1 aromatic carbocycles. The van der Waals surface area contributed by atoms with E-state index in [1.807, 2.05) is 30.3 Å². The first-order valence-corrected chi connectivity index (χ1v) is 10.4. The number of hydrogen-bond acceptors (Lipinski definition) is 6. The summed E-state index contributed by atoms with van der Waals surface area (Å²) < 4.78 is 10.5. The number of carbonyl (C=O) groups is 2. The van der Waals surface area contributed by atoms with Gasteiger partial charge in [-0.15, -0.1) is 11.3 Å². The molecule has 30 heavy (non-hydrogen) atoms. The van der Waals surface area contributed by atoms with Gasteiger partial charge in [-0.1, -0.05) is 0 Å². The zero-order chi connectivity index (χ0) is 20.7. The third-order valence-corrected chi connectivity index (χ3v) is 6.34. The third-order valence-electron chi connectivity index (χ3n) is 5.31. The molecule has 0 N–H and O–H groups in total. The molecule has 5 rings (SSSR count). The van der Waals surface area contributed by atoms with E-state index in [4.69, 9.17) is 14.1 Å². The molecule has 1 saturated heterocycles. The number of piperazine rings is 1. The molecule has 0 unspecified atom stereocenters. The van der Waals surface area contributed by atoms with Gasteiger partial charge in [-0.05, 0) is 36.4 Å². The quantitative estimate of drug-likeness (QED) is 0.505. The molecule has 1 aliphatic rings. The van der Waals surface area contributed by atoms with E-state index in [0.29, 0.717) is 36.8 Å². The second-order valence-corrected chi connectivity index (χ2v) is 8.14. The highest BCUT2D eigenvalue weighted by Gasteiger charge is 2.27. The van der Waals surface area contributed by atoms with Gasteiger partial charge < -0.3 is 19.0 Å². The Kier molecular flexibility index (Phi) is 4.63. The van der Waals surface area contributed by atoms with Crippen LogP contribution in [-0.2, 0) is 0 Å². The van der Waals surface area contributed by atoms with Crippen molar-refractivity contribution in [3.63, 3.8) is 0 Å². The summed E-state index contributed by atoms with van der Waals surface area (Å²) in [6.45, 7) is 1.95. The Labute approximate surface area is 176 Å². The van der Waals surface area contributed by atoms with Gasteiger partial charge in [-0.25, -0.2) is 4.98 Å². The number of methoxy groups -OCH3 is 1. The minimum absolute atomic E-state index is 0.0234. The third kappa shape index (κ3) is 3.29. The highest BCUT2D eigenvalue weighted by Crippen LogP contribution is 2.30. The Hall–Kier alpha value is -3.39. The van der Waals surface area contributed by atoms with Crippen LogP contribution < -0.4 is 4.74 Å². The Morgan fingerprint density at radius 3 is 2.47 bits per heavy atom. The van der Waals surface area contributed by atoms with Gasteiger partial charge in [-0.3, -0.25) is 9.59 Å². The van der Waals surface area contributed by atoms with Crippen LogP contribution in [0.5, 0.6) is 5.75 Å². The first kappa shape index (κ1) is 18.6. The maximum atomic E-state index is 13.0. The number of rotatable bonds is 3. The largest absolute Gasteiger partial charge is 0.497 e. The Balaban J connectivity index is 1.33. The van der Waals surface area contributed by atoms with E-state index in [2.05, 4.69) is 0 Å². The Bertz CT molecular complexity index is 1240. The second-order valence-electron chi connectivity index (χ2n) is 7.11. The van der Waals surface area contributed by atoms with Gasteiger partial charge in [-0.2, -0.15) is 0 Å². The van der Waals surface area contributed by atoms with E-state index < -0.39 is 0 Å². The maximum absolute atomic E-state index is 13.0. The summed E-state index contributed by atoms with van der Waals surface area (Å²) in [4.78, 5) is 35.1. The molecule has 0 spiro atoms. The van der Waals surface area contributed by atoms with Crippen LogP contribution >= 0.6 is 11.3 Å². The van der Waals surface area contributed by atoms with Crippen LogP contribution in [0.2, 0.25) is 0 Å². The van der Waals surface area contributed by atoms with Gasteiger partial charge in [0.1, 0.15) is 10.6 Å². The summed E-state index contributed by atoms with van der Waals surface area (Å²) in [5.74, 6) is 0.920. The summed E-state index contributed by atoms with van der Waals surface area (Å²) in [7, 11) is 1.63. The molecule has 0 bridgehead atoms. The summed E-state index contributed by atoms with van der Waals surface area (Å²) >= 11 is 1.39. The predicted molar refractivity (Wildman–Crippen MR) is 114 cm³/mol. The average Bonchev–Trinajstić information content (AvgIpc) is 3.46. The number of fused-ring (bicyclic) bond motifs is 2. The van der Waals surface area contributed by atoms with Crippen molar-refractivity contribution in [3.05, 3.63) is 59.4 Å². The SMILES string of the molecule is COc1ccc2cc3cc(C(=O)N4CCN(C(=O)c5ccco5)CC4)sc3nc2c1. The van der Waals surface area contributed by atoms with Crippen LogP contribution in [0.1, 0.15) is 20.2 Å². The molecular formula is C22H19N3O4S. The first-order valence-electron chi connectivity index (χ1n) is 9.63. The van der Waals surface area contributed by atoms with E-state index in [1.54, 1.807) is 29.0 Å². The van der Waals surface area contributed by atoms with Crippen LogP contribution in [0.15, 0.2) is 53.1 Å². The van der Waals surface area contributed by atoms with Crippen LogP contribution in [0.25, 0.3) is 21.1 Å². The molecule has 7 nitrogen and oxygen atoms in total. The molecule has 3 aromatic heterocycles. The normalized spacial score (nSPS) is 14.4. The summed E-state index contributed by atoms with van der Waals surface area (Å²) in [6.07, 6.45) is 1.49. The van der Waals surface area contributed by atoms with E-state index >= 15 is 0 Å². The van der Waals surface area contributed by atoms with Crippen LogP contribution in [-0.4, -0.2) is 59.9 Å². The molecule has 0 saturated carbocycles. The maximum Gasteiger partial charge on any atom is 0.289 e. The number of amides is 2. The smallest absolute Gasteiger partial charge is 0.289 e. The fourth-order valence-electron chi connectivity index (χ4n) is 3.66. The molecule has 0 atom stereocenters. The standard InChI is InChI=1S/C22H19N3O4S/c1-28-16-5-4-14-11-15-12-19(30-20(15)23-17(14)13-16)22(27)25-8-6-24(7-9-25)21(26)18-3-2-10-29-18/h2-5,10-13H,6-9H2,1H3. The van der Waals surface area contributed by atoms with Crippen molar-refractivity contribution in [3.8, 4) is 5.75 Å². The minimum atomic E-state index is -0.139. The number of nitrogens with zero attached hydrogens (tertiary/aromatic N) is 3. The van der Waals surface area contributed by atoms with Gasteiger partial charge in [0, 0.05) is 43.0 Å². The van der Waals surface area contributed by atoms with Crippen LogP contribution in [0.4, 0.5) is 0 Å². The van der Waals surface area contributed by atoms with E-state index in [1.165, 1.54) is 17.6 Å². The van der Waals surface area contributed by atoms with Gasteiger partial charge >= 0.3 is 0 Å². The van der Waals surface area contributed by atoms with E-state index in [-0.39, 0.29) is 11.8 Å². The highest BCUT2D eigenvalue weighted by atomic mass is 32.1. The molecule has 1 fully saturated rings. The lowest BCUT2D eigenvalue weighted by atomic mass is 10.2. The molecule has 0 aliphatic carbocycles. The number of aromatic nitrogens is 1. The predicted octanol–water partition coefficient (Wildman–Crippen LogP) is 3.65. The molecule has 8 heteroatoms. The lowest BCUT2D eigenvalue weighted by molar-refractivity contribution is 0.0520. The van der Waals surface area contributed by atoms with Crippen molar-refractivity contribution >= 4 is 44.3 Å². The number of pyridine rings is 1. The van der Waals surface area contributed by atoms with E-state index in [9.17, 15) is 9.59 Å². The van der Waals surface area contributed by atoms with Crippen LogP contribution in [0, 0.1) is 0 Å². The van der Waals surface area contributed by atoms with Crippen LogP contribution in [0.3, 0.4) is 0 Å². The topological polar surface area (TPSA) is 75.9 Å². The first-order chi connectivity index (χ1) is 14.6. The van der Waals surface area contributed by atoms with E-state index in [0.717, 1.165) is 26.9 Å². The van der Waals surface area contributed by atoms with Crippen molar-refractivity contribution in [1.29, 1.82) is 0 Å². The average molecular weight is 421 g/mol. The van der Waals surface area contributed by atoms with Gasteiger partial charge in [0.25, 0.3) is 11.8 Å². The number of carbonyl (C=O) groups excluding carboxylic acids is 2. The summed E-state index contributed by atoms with van der Waals surface area (Å²) in [5, 5.41) is 1.96. The van der Waals surface area contributed by atoms with Crippen molar-refractivity contribution in [2.75, 3.05) is 33.3 Å². The van der Waals surface area contributed by atoms with Gasteiger partial charge in [0.2, 0.25) is 0 Å². The van der Waals surface area contributed by atoms with Gasteiger partial charge in [0.05, 0.1) is 23.8 Å². The molecule has 4 heterocycles. The minimum Gasteiger partial charge on any atom is -0.497 e.